The molecule has 0 amide bonds. The Balaban J connectivity index is 2.34. The van der Waals surface area contributed by atoms with Crippen molar-refractivity contribution in [2.75, 3.05) is 0 Å². The SMILES string of the molecule is CC[C@@H](NS(=O)C(C)(C)C)c1ccc(Cl)c(Oc2ccc([N+](=O)[O-])cn2)c1F. The maximum Gasteiger partial charge on any atom is 0.287 e. The number of hydrogen-bond acceptors (Lipinski definition) is 5. The van der Waals surface area contributed by atoms with E-state index in [9.17, 15) is 14.3 Å². The summed E-state index contributed by atoms with van der Waals surface area (Å²) in [5, 5.41) is 10.7. The Morgan fingerprint density at radius 3 is 2.54 bits per heavy atom. The first-order chi connectivity index (χ1) is 13.0. The molecule has 1 unspecified atom stereocenters. The highest BCUT2D eigenvalue weighted by Crippen LogP contribution is 2.36. The molecule has 0 fully saturated rings. The van der Waals surface area contributed by atoms with Gasteiger partial charge < -0.3 is 4.74 Å². The van der Waals surface area contributed by atoms with Crippen LogP contribution in [-0.2, 0) is 11.0 Å². The molecule has 0 aliphatic rings. The Morgan fingerprint density at radius 2 is 2.04 bits per heavy atom. The van der Waals surface area contributed by atoms with Crippen LogP contribution in [0.5, 0.6) is 11.6 Å². The van der Waals surface area contributed by atoms with E-state index in [1.165, 1.54) is 24.3 Å². The smallest absolute Gasteiger partial charge is 0.287 e. The van der Waals surface area contributed by atoms with Crippen LogP contribution in [-0.4, -0.2) is 18.9 Å². The second kappa shape index (κ2) is 8.93. The highest BCUT2D eigenvalue weighted by molar-refractivity contribution is 7.84. The fourth-order valence-corrected chi connectivity index (χ4v) is 3.32. The van der Waals surface area contributed by atoms with Gasteiger partial charge >= 0.3 is 0 Å². The Bertz CT molecular complexity index is 888. The Kier molecular flexibility index (Phi) is 7.08. The maximum atomic E-state index is 15.1. The van der Waals surface area contributed by atoms with E-state index in [2.05, 4.69) is 9.71 Å². The molecule has 10 heteroatoms. The standard InChI is InChI=1S/C18H21ClFN3O4S/c1-5-14(22-28(26)18(2,3)4)12-7-8-13(19)17(16(12)20)27-15-9-6-11(10-21-15)23(24)25/h6-10,14,22H,5H2,1-4H3/t14-,28?/m1/s1. The van der Waals surface area contributed by atoms with Crippen molar-refractivity contribution in [3.8, 4) is 11.6 Å². The number of rotatable bonds is 7. The molecule has 2 rings (SSSR count). The van der Waals surface area contributed by atoms with E-state index >= 15 is 4.39 Å². The van der Waals surface area contributed by atoms with Gasteiger partial charge in [-0.15, -0.1) is 0 Å². The fraction of sp³-hybridized carbons (Fsp3) is 0.389. The number of aromatic nitrogens is 1. The van der Waals surface area contributed by atoms with E-state index in [0.29, 0.717) is 6.42 Å². The van der Waals surface area contributed by atoms with Crippen molar-refractivity contribution in [3.05, 3.63) is 57.0 Å². The highest BCUT2D eigenvalue weighted by atomic mass is 35.5. The normalized spacial score (nSPS) is 13.8. The number of ether oxygens (including phenoxy) is 1. The monoisotopic (exact) mass is 429 g/mol. The van der Waals surface area contributed by atoms with Gasteiger partial charge in [0.2, 0.25) is 5.88 Å². The molecule has 0 saturated heterocycles. The largest absolute Gasteiger partial charge is 0.434 e. The summed E-state index contributed by atoms with van der Waals surface area (Å²) in [5.41, 5.74) is 0.0361. The first kappa shape index (κ1) is 22.2. The molecule has 0 saturated carbocycles. The lowest BCUT2D eigenvalue weighted by atomic mass is 10.0. The Labute approximate surface area is 170 Å². The van der Waals surface area contributed by atoms with Crippen LogP contribution in [0.4, 0.5) is 10.1 Å². The van der Waals surface area contributed by atoms with Crippen LogP contribution >= 0.6 is 11.6 Å². The van der Waals surface area contributed by atoms with Crippen molar-refractivity contribution in [1.82, 2.24) is 9.71 Å². The van der Waals surface area contributed by atoms with Gasteiger partial charge in [-0.3, -0.25) is 10.1 Å². The summed E-state index contributed by atoms with van der Waals surface area (Å²) in [6.45, 7) is 7.28. The average molecular weight is 430 g/mol. The summed E-state index contributed by atoms with van der Waals surface area (Å²) in [6.07, 6.45) is 1.49. The molecular formula is C18H21ClFN3O4S. The Morgan fingerprint density at radius 1 is 1.36 bits per heavy atom. The van der Waals surface area contributed by atoms with Gasteiger partial charge in [0.25, 0.3) is 5.69 Å². The van der Waals surface area contributed by atoms with Crippen molar-refractivity contribution < 1.29 is 18.3 Å². The van der Waals surface area contributed by atoms with Gasteiger partial charge in [0.05, 0.1) is 25.7 Å². The molecule has 0 bridgehead atoms. The van der Waals surface area contributed by atoms with Crippen molar-refractivity contribution in [2.24, 2.45) is 0 Å². The zero-order valence-electron chi connectivity index (χ0n) is 15.9. The summed E-state index contributed by atoms with van der Waals surface area (Å²) in [7, 11) is -1.40. The molecule has 152 valence electrons. The number of halogens is 2. The number of nitrogens with zero attached hydrogens (tertiary/aromatic N) is 2. The number of nitro groups is 1. The summed E-state index contributed by atoms with van der Waals surface area (Å²) in [5.74, 6) is -0.997. The lowest BCUT2D eigenvalue weighted by Crippen LogP contribution is -2.35. The summed E-state index contributed by atoms with van der Waals surface area (Å²) in [4.78, 5) is 13.9. The van der Waals surface area contributed by atoms with Crippen LogP contribution in [0.15, 0.2) is 30.5 Å². The third-order valence-electron chi connectivity index (χ3n) is 3.81. The third-order valence-corrected chi connectivity index (χ3v) is 5.71. The summed E-state index contributed by atoms with van der Waals surface area (Å²) < 4.78 is 35.4. The molecule has 0 aliphatic heterocycles. The molecule has 0 radical (unpaired) electrons. The minimum atomic E-state index is -1.40. The van der Waals surface area contributed by atoms with E-state index in [0.717, 1.165) is 6.20 Å². The zero-order valence-corrected chi connectivity index (χ0v) is 17.4. The zero-order chi connectivity index (χ0) is 21.1. The predicted octanol–water partition coefficient (Wildman–Crippen LogP) is 5.08. The van der Waals surface area contributed by atoms with Crippen molar-refractivity contribution in [2.45, 2.75) is 44.9 Å². The second-order valence-electron chi connectivity index (χ2n) is 6.95. The van der Waals surface area contributed by atoms with E-state index in [4.69, 9.17) is 16.3 Å². The Hall–Kier alpha value is -2.10. The predicted molar refractivity (Wildman–Crippen MR) is 106 cm³/mol. The minimum Gasteiger partial charge on any atom is -0.434 e. The molecule has 1 aromatic carbocycles. The van der Waals surface area contributed by atoms with Gasteiger partial charge in [0, 0.05) is 23.7 Å². The van der Waals surface area contributed by atoms with Crippen molar-refractivity contribution >= 4 is 28.3 Å². The van der Waals surface area contributed by atoms with Gasteiger partial charge in [0.1, 0.15) is 6.20 Å². The van der Waals surface area contributed by atoms with Gasteiger partial charge in [-0.05, 0) is 33.3 Å². The molecule has 7 nitrogen and oxygen atoms in total. The maximum absolute atomic E-state index is 15.1. The van der Waals surface area contributed by atoms with E-state index in [-0.39, 0.29) is 27.9 Å². The molecule has 28 heavy (non-hydrogen) atoms. The fourth-order valence-electron chi connectivity index (χ4n) is 2.23. The lowest BCUT2D eigenvalue weighted by molar-refractivity contribution is -0.385. The number of pyridine rings is 1. The number of hydrogen-bond donors (Lipinski definition) is 1. The van der Waals surface area contributed by atoms with Gasteiger partial charge in [-0.2, -0.15) is 0 Å². The first-order valence-electron chi connectivity index (χ1n) is 8.48. The third kappa shape index (κ3) is 5.24. The van der Waals surface area contributed by atoms with E-state index in [1.807, 2.05) is 27.7 Å². The molecule has 2 atom stereocenters. The quantitative estimate of drug-likeness (QED) is 0.489. The van der Waals surface area contributed by atoms with Crippen molar-refractivity contribution in [3.63, 3.8) is 0 Å². The molecule has 0 spiro atoms. The van der Waals surface area contributed by atoms with Crippen LogP contribution < -0.4 is 9.46 Å². The highest BCUT2D eigenvalue weighted by Gasteiger charge is 2.26. The lowest BCUT2D eigenvalue weighted by Gasteiger charge is -2.24. The first-order valence-corrected chi connectivity index (χ1v) is 10.0. The van der Waals surface area contributed by atoms with Crippen molar-refractivity contribution in [1.29, 1.82) is 0 Å². The van der Waals surface area contributed by atoms with E-state index in [1.54, 1.807) is 0 Å². The molecule has 1 aromatic heterocycles. The van der Waals surface area contributed by atoms with Crippen LogP contribution in [0.1, 0.15) is 45.7 Å². The van der Waals surface area contributed by atoms with Gasteiger partial charge in [0.15, 0.2) is 11.6 Å². The average Bonchev–Trinajstić information content (AvgIpc) is 2.63. The van der Waals surface area contributed by atoms with Crippen LogP contribution in [0.3, 0.4) is 0 Å². The van der Waals surface area contributed by atoms with E-state index < -0.39 is 32.5 Å². The summed E-state index contributed by atoms with van der Waals surface area (Å²) >= 11 is 6.08. The summed E-state index contributed by atoms with van der Waals surface area (Å²) in [6, 6.07) is 4.91. The van der Waals surface area contributed by atoms with Crippen LogP contribution in [0.2, 0.25) is 5.02 Å². The molecule has 1 heterocycles. The number of benzene rings is 1. The van der Waals surface area contributed by atoms with Gasteiger partial charge in [-0.25, -0.2) is 18.3 Å². The van der Waals surface area contributed by atoms with Gasteiger partial charge in [-0.1, -0.05) is 24.6 Å². The molecule has 0 aliphatic carbocycles. The minimum absolute atomic E-state index is 0.0215. The number of nitrogens with one attached hydrogen (secondary N) is 1. The van der Waals surface area contributed by atoms with Crippen LogP contribution in [0, 0.1) is 15.9 Å². The van der Waals surface area contributed by atoms with Crippen LogP contribution in [0.25, 0.3) is 0 Å². The molecule has 2 aromatic rings. The second-order valence-corrected chi connectivity index (χ2v) is 9.36. The molecular weight excluding hydrogens is 409 g/mol. The topological polar surface area (TPSA) is 94.4 Å². The molecule has 1 N–H and O–H groups in total.